The first-order valence-corrected chi connectivity index (χ1v) is 7.55. The second-order valence-electron chi connectivity index (χ2n) is 5.96. The monoisotopic (exact) mass is 279 g/mol. The molecule has 1 aliphatic rings. The predicted molar refractivity (Wildman–Crippen MR) is 80.7 cm³/mol. The Morgan fingerprint density at radius 2 is 2.10 bits per heavy atom. The van der Waals surface area contributed by atoms with Crippen LogP contribution < -0.4 is 11.3 Å². The van der Waals surface area contributed by atoms with Crippen molar-refractivity contribution in [3.05, 3.63) is 35.6 Å². The van der Waals surface area contributed by atoms with Crippen LogP contribution in [0.2, 0.25) is 0 Å². The topological polar surface area (TPSA) is 41.3 Å². The molecule has 0 spiro atoms. The van der Waals surface area contributed by atoms with Crippen LogP contribution in [0, 0.1) is 5.82 Å². The maximum Gasteiger partial charge on any atom is 0.123 e. The molecule has 1 aliphatic heterocycles. The van der Waals surface area contributed by atoms with Crippen molar-refractivity contribution in [2.24, 2.45) is 5.84 Å². The van der Waals surface area contributed by atoms with Crippen LogP contribution in [0.1, 0.15) is 38.7 Å². The summed E-state index contributed by atoms with van der Waals surface area (Å²) in [6.45, 7) is 6.73. The molecule has 0 aliphatic carbocycles. The zero-order valence-electron chi connectivity index (χ0n) is 12.5. The highest BCUT2D eigenvalue weighted by atomic mass is 19.1. The largest absolute Gasteiger partial charge is 0.296 e. The van der Waals surface area contributed by atoms with Gasteiger partial charge in [-0.05, 0) is 63.4 Å². The van der Waals surface area contributed by atoms with E-state index in [0.717, 1.165) is 31.5 Å². The van der Waals surface area contributed by atoms with Gasteiger partial charge in [0, 0.05) is 11.6 Å². The van der Waals surface area contributed by atoms with E-state index in [-0.39, 0.29) is 17.4 Å². The molecule has 112 valence electrons. The molecule has 0 bridgehead atoms. The fourth-order valence-corrected chi connectivity index (χ4v) is 3.28. The van der Waals surface area contributed by atoms with Gasteiger partial charge in [0.25, 0.3) is 0 Å². The Hall–Kier alpha value is -0.970. The number of hydrogen-bond donors (Lipinski definition) is 2. The summed E-state index contributed by atoms with van der Waals surface area (Å²) in [5.74, 6) is 5.63. The maximum atomic E-state index is 13.3. The Balaban J connectivity index is 2.16. The minimum Gasteiger partial charge on any atom is -0.296 e. The van der Waals surface area contributed by atoms with Crippen molar-refractivity contribution < 1.29 is 4.39 Å². The van der Waals surface area contributed by atoms with Gasteiger partial charge in [0.05, 0.1) is 0 Å². The van der Waals surface area contributed by atoms with Crippen LogP contribution in [0.25, 0.3) is 0 Å². The molecule has 1 saturated heterocycles. The van der Waals surface area contributed by atoms with Gasteiger partial charge in [0.15, 0.2) is 0 Å². The van der Waals surface area contributed by atoms with Gasteiger partial charge >= 0.3 is 0 Å². The molecule has 2 rings (SSSR count). The third kappa shape index (κ3) is 3.19. The second kappa shape index (κ2) is 6.66. The zero-order valence-corrected chi connectivity index (χ0v) is 12.5. The third-order valence-corrected chi connectivity index (χ3v) is 4.83. The Kier molecular flexibility index (Phi) is 5.13. The third-order valence-electron chi connectivity index (χ3n) is 4.83. The van der Waals surface area contributed by atoms with Crippen LogP contribution in [0.5, 0.6) is 0 Å². The van der Waals surface area contributed by atoms with E-state index in [9.17, 15) is 4.39 Å². The first-order valence-electron chi connectivity index (χ1n) is 7.55. The molecule has 0 saturated carbocycles. The van der Waals surface area contributed by atoms with E-state index in [2.05, 4.69) is 24.2 Å². The van der Waals surface area contributed by atoms with Crippen LogP contribution in [0.15, 0.2) is 24.3 Å². The lowest BCUT2D eigenvalue weighted by Crippen LogP contribution is -2.61. The number of likely N-dealkylation sites (tertiary alicyclic amines) is 1. The molecule has 3 N–H and O–H groups in total. The van der Waals surface area contributed by atoms with Crippen LogP contribution in [0.3, 0.4) is 0 Å². The average Bonchev–Trinajstić information content (AvgIpc) is 2.98. The predicted octanol–water partition coefficient (Wildman–Crippen LogP) is 2.46. The van der Waals surface area contributed by atoms with Gasteiger partial charge in [-0.1, -0.05) is 19.1 Å². The minimum absolute atomic E-state index is 0.0115. The van der Waals surface area contributed by atoms with E-state index in [1.54, 1.807) is 12.1 Å². The molecule has 1 aromatic rings. The fourth-order valence-electron chi connectivity index (χ4n) is 3.28. The summed E-state index contributed by atoms with van der Waals surface area (Å²) in [4.78, 5) is 2.52. The molecule has 3 nitrogen and oxygen atoms in total. The highest BCUT2D eigenvalue weighted by molar-refractivity contribution is 5.19. The second-order valence-corrected chi connectivity index (χ2v) is 5.96. The lowest BCUT2D eigenvalue weighted by molar-refractivity contribution is 0.0840. The normalized spacial score (nSPS) is 20.8. The number of rotatable bonds is 6. The molecule has 0 radical (unpaired) electrons. The van der Waals surface area contributed by atoms with Gasteiger partial charge in [0.1, 0.15) is 5.82 Å². The minimum atomic E-state index is -0.183. The number of benzene rings is 1. The number of hydrogen-bond acceptors (Lipinski definition) is 3. The van der Waals surface area contributed by atoms with Crippen molar-refractivity contribution in [3.8, 4) is 0 Å². The molecule has 1 heterocycles. The maximum absolute atomic E-state index is 13.3. The molecule has 20 heavy (non-hydrogen) atoms. The Bertz CT molecular complexity index is 431. The van der Waals surface area contributed by atoms with Crippen molar-refractivity contribution in [2.45, 2.75) is 51.1 Å². The molecule has 1 fully saturated rings. The smallest absolute Gasteiger partial charge is 0.123 e. The molecule has 0 aromatic heterocycles. The van der Waals surface area contributed by atoms with Crippen LogP contribution in [-0.2, 0) is 6.42 Å². The van der Waals surface area contributed by atoms with E-state index in [1.807, 2.05) is 6.07 Å². The van der Waals surface area contributed by atoms with Crippen LogP contribution in [0.4, 0.5) is 4.39 Å². The van der Waals surface area contributed by atoms with Crippen LogP contribution >= 0.6 is 0 Å². The summed E-state index contributed by atoms with van der Waals surface area (Å²) >= 11 is 0. The lowest BCUT2D eigenvalue weighted by Gasteiger charge is -2.44. The number of halogens is 1. The molecule has 0 amide bonds. The van der Waals surface area contributed by atoms with E-state index in [0.29, 0.717) is 0 Å². The van der Waals surface area contributed by atoms with E-state index in [4.69, 9.17) is 5.84 Å². The molecule has 4 heteroatoms. The summed E-state index contributed by atoms with van der Waals surface area (Å²) in [5, 5.41) is 0. The Morgan fingerprint density at radius 3 is 2.65 bits per heavy atom. The average molecular weight is 279 g/mol. The lowest BCUT2D eigenvalue weighted by atomic mass is 9.84. The van der Waals surface area contributed by atoms with Gasteiger partial charge < -0.3 is 0 Å². The van der Waals surface area contributed by atoms with E-state index in [1.165, 1.54) is 18.9 Å². The van der Waals surface area contributed by atoms with Crippen LogP contribution in [-0.4, -0.2) is 29.6 Å². The van der Waals surface area contributed by atoms with Gasteiger partial charge in [-0.2, -0.15) is 0 Å². The first-order chi connectivity index (χ1) is 9.60. The van der Waals surface area contributed by atoms with Gasteiger partial charge in [-0.15, -0.1) is 0 Å². The molecule has 2 unspecified atom stereocenters. The molecular weight excluding hydrogens is 253 g/mol. The number of hydrazine groups is 1. The number of nitrogens with two attached hydrogens (primary N) is 1. The van der Waals surface area contributed by atoms with E-state index < -0.39 is 0 Å². The van der Waals surface area contributed by atoms with Crippen molar-refractivity contribution in [2.75, 3.05) is 13.1 Å². The quantitative estimate of drug-likeness (QED) is 0.621. The highest BCUT2D eigenvalue weighted by Gasteiger charge is 2.38. The Morgan fingerprint density at radius 1 is 1.40 bits per heavy atom. The summed E-state index contributed by atoms with van der Waals surface area (Å²) < 4.78 is 13.3. The molecule has 1 aromatic carbocycles. The standard InChI is InChI=1S/C16H26FN3/c1-3-16(2,20-9-4-5-10-20)15(19-18)12-13-7-6-8-14(17)11-13/h6-8,11,15,19H,3-5,9-10,12,18H2,1-2H3. The number of nitrogens with one attached hydrogen (secondary N) is 1. The SMILES string of the molecule is CCC(C)(C(Cc1cccc(F)c1)NN)N1CCCC1. The van der Waals surface area contributed by atoms with Crippen molar-refractivity contribution >= 4 is 0 Å². The summed E-state index contributed by atoms with van der Waals surface area (Å²) in [7, 11) is 0. The zero-order chi connectivity index (χ0) is 14.6. The molecular formula is C16H26FN3. The van der Waals surface area contributed by atoms with Gasteiger partial charge in [-0.25, -0.2) is 4.39 Å². The number of nitrogens with zero attached hydrogens (tertiary/aromatic N) is 1. The summed E-state index contributed by atoms with van der Waals surface area (Å²) in [6, 6.07) is 6.93. The summed E-state index contributed by atoms with van der Waals surface area (Å²) in [6.07, 6.45) is 4.28. The van der Waals surface area contributed by atoms with Crippen molar-refractivity contribution in [1.29, 1.82) is 0 Å². The first kappa shape index (κ1) is 15.4. The van der Waals surface area contributed by atoms with E-state index >= 15 is 0 Å². The highest BCUT2D eigenvalue weighted by Crippen LogP contribution is 2.29. The van der Waals surface area contributed by atoms with Gasteiger partial charge in [-0.3, -0.25) is 16.2 Å². The van der Waals surface area contributed by atoms with Gasteiger partial charge in [0.2, 0.25) is 0 Å². The molecule has 2 atom stereocenters. The Labute approximate surface area is 121 Å². The van der Waals surface area contributed by atoms with Crippen molar-refractivity contribution in [3.63, 3.8) is 0 Å². The van der Waals surface area contributed by atoms with Crippen molar-refractivity contribution in [1.82, 2.24) is 10.3 Å². The summed E-state index contributed by atoms with van der Waals surface area (Å²) in [5.41, 5.74) is 3.98. The fraction of sp³-hybridized carbons (Fsp3) is 0.625.